The normalized spacial score (nSPS) is 18.5. The van der Waals surface area contributed by atoms with E-state index in [1.54, 1.807) is 12.1 Å². The Kier molecular flexibility index (Phi) is 10.3. The average molecular weight is 602 g/mol. The summed E-state index contributed by atoms with van der Waals surface area (Å²) in [5.74, 6) is 0.493. The van der Waals surface area contributed by atoms with E-state index in [1.807, 2.05) is 6.07 Å². The number of nitrogens with one attached hydrogen (secondary N) is 1. The number of benzene rings is 2. The summed E-state index contributed by atoms with van der Waals surface area (Å²) in [6.07, 6.45) is -5.06. The van der Waals surface area contributed by atoms with Gasteiger partial charge in [0.15, 0.2) is 0 Å². The van der Waals surface area contributed by atoms with Crippen LogP contribution >= 0.6 is 0 Å². The number of hydrogen-bond donors (Lipinski definition) is 1. The molecule has 0 radical (unpaired) electrons. The van der Waals surface area contributed by atoms with E-state index in [0.717, 1.165) is 44.6 Å². The van der Waals surface area contributed by atoms with E-state index < -0.39 is 35.8 Å². The van der Waals surface area contributed by atoms with Crippen molar-refractivity contribution in [2.45, 2.75) is 63.0 Å². The lowest BCUT2D eigenvalue weighted by Crippen LogP contribution is -2.49. The van der Waals surface area contributed by atoms with Gasteiger partial charge >= 0.3 is 12.4 Å². The lowest BCUT2D eigenvalue weighted by atomic mass is 9.96. The lowest BCUT2D eigenvalue weighted by Gasteiger charge is -2.43. The summed E-state index contributed by atoms with van der Waals surface area (Å²) >= 11 is 0. The predicted molar refractivity (Wildman–Crippen MR) is 145 cm³/mol. The molecule has 2 aliphatic heterocycles. The summed E-state index contributed by atoms with van der Waals surface area (Å²) in [6.45, 7) is 3.79. The number of ether oxygens (including phenoxy) is 2. The first-order valence-corrected chi connectivity index (χ1v) is 14.1. The smallest absolute Gasteiger partial charge is 0.416 e. The maximum Gasteiger partial charge on any atom is 0.416 e. The molecule has 1 N–H and O–H groups in total. The predicted octanol–water partition coefficient (Wildman–Crippen LogP) is 6.09. The van der Waals surface area contributed by atoms with Gasteiger partial charge in [-0.25, -0.2) is 0 Å². The number of nitrogens with zero attached hydrogens (tertiary/aromatic N) is 2. The van der Waals surface area contributed by atoms with Crippen molar-refractivity contribution in [3.05, 3.63) is 58.7 Å². The van der Waals surface area contributed by atoms with Crippen LogP contribution in [0.5, 0.6) is 11.5 Å². The molecule has 0 aromatic heterocycles. The first-order valence-electron chi connectivity index (χ1n) is 14.1. The van der Waals surface area contributed by atoms with Gasteiger partial charge in [-0.1, -0.05) is 6.42 Å². The van der Waals surface area contributed by atoms with E-state index in [9.17, 15) is 31.1 Å². The van der Waals surface area contributed by atoms with Gasteiger partial charge in [0.25, 0.3) is 0 Å². The highest BCUT2D eigenvalue weighted by atomic mass is 19.4. The van der Waals surface area contributed by atoms with E-state index in [0.29, 0.717) is 29.7 Å². The number of piperidine rings is 2. The number of rotatable bonds is 9. The quantitative estimate of drug-likeness (QED) is 0.353. The molecule has 2 aromatic carbocycles. The van der Waals surface area contributed by atoms with Gasteiger partial charge in [0.2, 0.25) is 5.91 Å². The van der Waals surface area contributed by atoms with Crippen molar-refractivity contribution in [2.24, 2.45) is 0 Å². The minimum Gasteiger partial charge on any atom is -0.497 e. The largest absolute Gasteiger partial charge is 0.497 e. The Morgan fingerprint density at radius 3 is 2.05 bits per heavy atom. The zero-order chi connectivity index (χ0) is 30.5. The van der Waals surface area contributed by atoms with Crippen molar-refractivity contribution in [2.75, 3.05) is 46.9 Å². The molecule has 0 saturated carbocycles. The molecule has 0 spiro atoms. The van der Waals surface area contributed by atoms with Crippen LogP contribution in [0.3, 0.4) is 0 Å². The molecule has 0 bridgehead atoms. The van der Waals surface area contributed by atoms with Crippen LogP contribution in [0.1, 0.15) is 60.4 Å². The number of hydrogen-bond acceptors (Lipinski definition) is 5. The molecule has 0 aliphatic carbocycles. The lowest BCUT2D eigenvalue weighted by molar-refractivity contribution is -0.143. The van der Waals surface area contributed by atoms with Gasteiger partial charge in [0, 0.05) is 31.2 Å². The molecular weight excluding hydrogens is 564 g/mol. The van der Waals surface area contributed by atoms with Crippen molar-refractivity contribution in [1.29, 1.82) is 0 Å². The fourth-order valence-corrected chi connectivity index (χ4v) is 5.96. The summed E-state index contributed by atoms with van der Waals surface area (Å²) in [5, 5.41) is 2.76. The molecule has 2 aliphatic rings. The van der Waals surface area contributed by atoms with Gasteiger partial charge in [0.1, 0.15) is 11.5 Å². The highest BCUT2D eigenvalue weighted by molar-refractivity contribution is 5.78. The van der Waals surface area contributed by atoms with Gasteiger partial charge in [-0.3, -0.25) is 9.69 Å². The van der Waals surface area contributed by atoms with Crippen LogP contribution in [0.4, 0.5) is 26.3 Å². The van der Waals surface area contributed by atoms with Gasteiger partial charge < -0.3 is 19.7 Å². The minimum absolute atomic E-state index is 0.0556. The van der Waals surface area contributed by atoms with Gasteiger partial charge in [-0.2, -0.15) is 26.3 Å². The van der Waals surface area contributed by atoms with Crippen LogP contribution in [0, 0.1) is 0 Å². The second kappa shape index (κ2) is 13.5. The summed E-state index contributed by atoms with van der Waals surface area (Å²) in [5.41, 5.74) is -2.49. The third-order valence-corrected chi connectivity index (χ3v) is 8.15. The van der Waals surface area contributed by atoms with E-state index in [1.165, 1.54) is 33.5 Å². The molecule has 1 amide bonds. The fourth-order valence-electron chi connectivity index (χ4n) is 5.96. The Labute approximate surface area is 241 Å². The number of methoxy groups -OCH3 is 2. The maximum absolute atomic E-state index is 13.3. The van der Waals surface area contributed by atoms with E-state index in [2.05, 4.69) is 15.1 Å². The Morgan fingerprint density at radius 1 is 0.881 bits per heavy atom. The number of carbonyl (C=O) groups is 1. The first kappa shape index (κ1) is 31.9. The van der Waals surface area contributed by atoms with Crippen molar-refractivity contribution < 1.29 is 40.6 Å². The van der Waals surface area contributed by atoms with Crippen molar-refractivity contribution in [1.82, 2.24) is 15.1 Å². The fraction of sp³-hybridized carbons (Fsp3) is 0.567. The average Bonchev–Trinajstić information content (AvgIpc) is 2.97. The zero-order valence-corrected chi connectivity index (χ0v) is 23.8. The van der Waals surface area contributed by atoms with Gasteiger partial charge in [-0.15, -0.1) is 0 Å². The Morgan fingerprint density at radius 2 is 1.50 bits per heavy atom. The van der Waals surface area contributed by atoms with E-state index in [4.69, 9.17) is 9.47 Å². The number of halogens is 6. The number of likely N-dealkylation sites (tertiary alicyclic amines) is 2. The number of carbonyl (C=O) groups excluding carboxylic acids is 1. The standard InChI is InChI=1S/C30H37F6N3O3/c1-41-24-6-7-27(42-2)25(18-24)26(39-12-8-23(9-13-39)38-10-4-3-5-11-38)19-37-28(40)16-20-14-21(29(31,32)33)17-22(15-20)30(34,35)36/h6-7,14-15,17-18,23,26H,3-5,8-13,16,19H2,1-2H3,(H,37,40). The molecule has 6 nitrogen and oxygen atoms in total. The second-order valence-corrected chi connectivity index (χ2v) is 10.9. The minimum atomic E-state index is -4.99. The van der Waals surface area contributed by atoms with Crippen LogP contribution in [-0.2, 0) is 23.6 Å². The van der Waals surface area contributed by atoms with Crippen LogP contribution in [0.25, 0.3) is 0 Å². The molecule has 2 heterocycles. The Balaban J connectivity index is 1.52. The molecule has 1 atom stereocenters. The summed E-state index contributed by atoms with van der Waals surface area (Å²) in [7, 11) is 3.08. The van der Waals surface area contributed by atoms with E-state index >= 15 is 0 Å². The summed E-state index contributed by atoms with van der Waals surface area (Å²) in [4.78, 5) is 17.7. The van der Waals surface area contributed by atoms with Gasteiger partial charge in [-0.05, 0) is 80.7 Å². The summed E-state index contributed by atoms with van der Waals surface area (Å²) in [6, 6.07) is 6.71. The van der Waals surface area contributed by atoms with Crippen LogP contribution in [-0.4, -0.2) is 68.7 Å². The van der Waals surface area contributed by atoms with Crippen molar-refractivity contribution >= 4 is 5.91 Å². The van der Waals surface area contributed by atoms with Crippen molar-refractivity contribution in [3.8, 4) is 11.5 Å². The van der Waals surface area contributed by atoms with Crippen LogP contribution in [0.15, 0.2) is 36.4 Å². The molecule has 2 fully saturated rings. The number of alkyl halides is 6. The Hall–Kier alpha value is -2.99. The molecule has 232 valence electrons. The highest BCUT2D eigenvalue weighted by Gasteiger charge is 2.37. The second-order valence-electron chi connectivity index (χ2n) is 10.9. The molecule has 12 heteroatoms. The van der Waals surface area contributed by atoms with Crippen molar-refractivity contribution in [3.63, 3.8) is 0 Å². The van der Waals surface area contributed by atoms with Gasteiger partial charge in [0.05, 0.1) is 37.8 Å². The molecular formula is C30H37F6N3O3. The molecule has 42 heavy (non-hydrogen) atoms. The monoisotopic (exact) mass is 601 g/mol. The molecule has 4 rings (SSSR count). The SMILES string of the molecule is COc1ccc(OC)c(C(CNC(=O)Cc2cc(C(F)(F)F)cc(C(F)(F)F)c2)N2CCC(N3CCCCC3)CC2)c1. The molecule has 2 saturated heterocycles. The van der Waals surface area contributed by atoms with Crippen LogP contribution < -0.4 is 14.8 Å². The zero-order valence-electron chi connectivity index (χ0n) is 23.8. The Bertz CT molecular complexity index is 1170. The third-order valence-electron chi connectivity index (χ3n) is 8.15. The number of amides is 1. The maximum atomic E-state index is 13.3. The topological polar surface area (TPSA) is 54.0 Å². The molecule has 1 unspecified atom stereocenters. The van der Waals surface area contributed by atoms with E-state index in [-0.39, 0.29) is 24.2 Å². The summed E-state index contributed by atoms with van der Waals surface area (Å²) < 4.78 is 90.8. The third kappa shape index (κ3) is 8.09. The van der Waals surface area contributed by atoms with Crippen LogP contribution in [0.2, 0.25) is 0 Å². The molecule has 2 aromatic rings. The highest BCUT2D eigenvalue weighted by Crippen LogP contribution is 2.37. The first-order chi connectivity index (χ1) is 19.9.